The van der Waals surface area contributed by atoms with E-state index in [-0.39, 0.29) is 0 Å². The van der Waals surface area contributed by atoms with Crippen LogP contribution in [0.4, 0.5) is 0 Å². The molecule has 0 fully saturated rings. The molecular formula is C11H21O. The van der Waals surface area contributed by atoms with Gasteiger partial charge in [0, 0.05) is 6.42 Å². The maximum absolute atomic E-state index is 9.95. The van der Waals surface area contributed by atoms with Gasteiger partial charge in [0.15, 0.2) is 0 Å². The molecule has 0 spiro atoms. The second kappa shape index (κ2) is 10.7. The van der Waals surface area contributed by atoms with Gasteiger partial charge in [-0.2, -0.15) is 0 Å². The van der Waals surface area contributed by atoms with E-state index in [0.29, 0.717) is 6.42 Å². The molecule has 1 radical (unpaired) electrons. The van der Waals surface area contributed by atoms with Crippen LogP contribution >= 0.6 is 0 Å². The van der Waals surface area contributed by atoms with Crippen molar-refractivity contribution in [2.24, 2.45) is 0 Å². The van der Waals surface area contributed by atoms with Gasteiger partial charge in [-0.25, -0.2) is 0 Å². The fourth-order valence-electron chi connectivity index (χ4n) is 1.25. The van der Waals surface area contributed by atoms with Gasteiger partial charge in [-0.05, 0) is 12.8 Å². The van der Waals surface area contributed by atoms with Gasteiger partial charge >= 0.3 is 0 Å². The van der Waals surface area contributed by atoms with Crippen molar-refractivity contribution in [3.8, 4) is 0 Å². The van der Waals surface area contributed by atoms with Crippen molar-refractivity contribution in [3.63, 3.8) is 0 Å². The van der Waals surface area contributed by atoms with Crippen LogP contribution in [0.5, 0.6) is 0 Å². The Morgan fingerprint density at radius 3 is 2.33 bits per heavy atom. The molecular weight excluding hydrogens is 148 g/mol. The molecule has 71 valence electrons. The summed E-state index contributed by atoms with van der Waals surface area (Å²) < 4.78 is 0. The second-order valence-electron chi connectivity index (χ2n) is 3.25. The largest absolute Gasteiger partial charge is 0.303 e. The van der Waals surface area contributed by atoms with Gasteiger partial charge in [0.1, 0.15) is 6.29 Å². The Bertz CT molecular complexity index is 89.0. The third kappa shape index (κ3) is 9.67. The molecule has 0 amide bonds. The van der Waals surface area contributed by atoms with Crippen LogP contribution in [0.25, 0.3) is 0 Å². The quantitative estimate of drug-likeness (QED) is 0.381. The van der Waals surface area contributed by atoms with E-state index in [1.165, 1.54) is 38.5 Å². The molecule has 0 aliphatic heterocycles. The Hall–Kier alpha value is -0.330. The smallest absolute Gasteiger partial charge is 0.120 e. The van der Waals surface area contributed by atoms with Crippen molar-refractivity contribution in [3.05, 3.63) is 6.42 Å². The van der Waals surface area contributed by atoms with Gasteiger partial charge in [0.05, 0.1) is 0 Å². The highest BCUT2D eigenvalue weighted by Crippen LogP contribution is 2.08. The molecule has 0 aromatic rings. The Kier molecular flexibility index (Phi) is 10.4. The number of unbranched alkanes of at least 4 members (excludes halogenated alkanes) is 8. The summed E-state index contributed by atoms with van der Waals surface area (Å²) in [4.78, 5) is 9.95. The lowest BCUT2D eigenvalue weighted by atomic mass is 10.1. The van der Waals surface area contributed by atoms with Gasteiger partial charge < -0.3 is 4.79 Å². The lowest BCUT2D eigenvalue weighted by molar-refractivity contribution is -0.107. The zero-order valence-corrected chi connectivity index (χ0v) is 8.22. The van der Waals surface area contributed by atoms with Gasteiger partial charge in [-0.15, -0.1) is 0 Å². The lowest BCUT2D eigenvalue weighted by Crippen LogP contribution is -1.81. The van der Waals surface area contributed by atoms with E-state index in [4.69, 9.17) is 0 Å². The molecule has 0 unspecified atom stereocenters. The van der Waals surface area contributed by atoms with E-state index in [1.54, 1.807) is 0 Å². The minimum atomic E-state index is 0.634. The van der Waals surface area contributed by atoms with Crippen molar-refractivity contribution in [1.29, 1.82) is 0 Å². The van der Waals surface area contributed by atoms with Crippen molar-refractivity contribution < 1.29 is 4.79 Å². The molecule has 0 bridgehead atoms. The van der Waals surface area contributed by atoms with Crippen molar-refractivity contribution in [2.45, 2.75) is 58.3 Å². The number of aldehydes is 1. The van der Waals surface area contributed by atoms with Crippen molar-refractivity contribution in [1.82, 2.24) is 0 Å². The molecule has 0 N–H and O–H groups in total. The molecule has 0 aliphatic rings. The van der Waals surface area contributed by atoms with E-state index >= 15 is 0 Å². The number of carbonyl (C=O) groups excluding carboxylic acids is 1. The molecule has 0 aliphatic carbocycles. The molecule has 0 saturated heterocycles. The molecule has 0 saturated carbocycles. The van der Waals surface area contributed by atoms with Crippen LogP contribution in [-0.2, 0) is 4.79 Å². The van der Waals surface area contributed by atoms with Gasteiger partial charge in [-0.3, -0.25) is 0 Å². The molecule has 0 rings (SSSR count). The van der Waals surface area contributed by atoms with Crippen LogP contribution in [0.3, 0.4) is 0 Å². The molecule has 0 aromatic heterocycles. The minimum absolute atomic E-state index is 0.634. The van der Waals surface area contributed by atoms with Gasteiger partial charge in [-0.1, -0.05) is 45.4 Å². The van der Waals surface area contributed by atoms with Crippen LogP contribution in [0.2, 0.25) is 0 Å². The Morgan fingerprint density at radius 1 is 1.00 bits per heavy atom. The van der Waals surface area contributed by atoms with Gasteiger partial charge in [0.2, 0.25) is 0 Å². The van der Waals surface area contributed by atoms with E-state index < -0.39 is 0 Å². The van der Waals surface area contributed by atoms with Crippen LogP contribution in [0.1, 0.15) is 58.3 Å². The predicted octanol–water partition coefficient (Wildman–Crippen LogP) is 3.53. The molecule has 0 heterocycles. The van der Waals surface area contributed by atoms with Crippen LogP contribution in [0.15, 0.2) is 0 Å². The second-order valence-corrected chi connectivity index (χ2v) is 3.25. The first-order chi connectivity index (χ1) is 5.91. The van der Waals surface area contributed by atoms with E-state index in [0.717, 1.165) is 12.7 Å². The Labute approximate surface area is 76.6 Å². The molecule has 12 heavy (non-hydrogen) atoms. The summed E-state index contributed by atoms with van der Waals surface area (Å²) in [6.07, 6.45) is 12.8. The zero-order valence-electron chi connectivity index (χ0n) is 8.22. The van der Waals surface area contributed by atoms with Crippen LogP contribution in [0, 0.1) is 6.42 Å². The van der Waals surface area contributed by atoms with E-state index in [2.05, 4.69) is 13.3 Å². The van der Waals surface area contributed by atoms with Crippen molar-refractivity contribution in [2.75, 3.05) is 0 Å². The highest BCUT2D eigenvalue weighted by molar-refractivity contribution is 5.50. The first kappa shape index (κ1) is 11.7. The average molecular weight is 169 g/mol. The van der Waals surface area contributed by atoms with Gasteiger partial charge in [0.25, 0.3) is 0 Å². The maximum Gasteiger partial charge on any atom is 0.120 e. The fraction of sp³-hybridized carbons (Fsp3) is 0.818. The monoisotopic (exact) mass is 169 g/mol. The maximum atomic E-state index is 9.95. The fourth-order valence-corrected chi connectivity index (χ4v) is 1.25. The third-order valence-electron chi connectivity index (χ3n) is 2.02. The number of rotatable bonds is 9. The molecule has 1 nitrogen and oxygen atoms in total. The standard InChI is InChI=1S/C11H21O/c1-2-3-4-5-6-7-8-9-10-11-12/h9,11H,2-8,10H2,1H3. The summed E-state index contributed by atoms with van der Waals surface area (Å²) >= 11 is 0. The average Bonchev–Trinajstić information content (AvgIpc) is 2.10. The van der Waals surface area contributed by atoms with E-state index in [1.807, 2.05) is 0 Å². The Morgan fingerprint density at radius 2 is 1.67 bits per heavy atom. The topological polar surface area (TPSA) is 17.1 Å². The first-order valence-corrected chi connectivity index (χ1v) is 5.17. The highest BCUT2D eigenvalue weighted by atomic mass is 16.1. The molecule has 0 atom stereocenters. The van der Waals surface area contributed by atoms with Crippen molar-refractivity contribution >= 4 is 6.29 Å². The Balaban J connectivity index is 2.77. The molecule has 1 heteroatoms. The lowest BCUT2D eigenvalue weighted by Gasteiger charge is -1.98. The summed E-state index contributed by atoms with van der Waals surface area (Å²) in [5.41, 5.74) is 0. The highest BCUT2D eigenvalue weighted by Gasteiger charge is 1.90. The zero-order chi connectivity index (χ0) is 9.07. The third-order valence-corrected chi connectivity index (χ3v) is 2.02. The number of carbonyl (C=O) groups is 1. The van der Waals surface area contributed by atoms with Crippen LogP contribution < -0.4 is 0 Å². The molecule has 0 aromatic carbocycles. The summed E-state index contributed by atoms with van der Waals surface area (Å²) in [5, 5.41) is 0. The van der Waals surface area contributed by atoms with E-state index in [9.17, 15) is 4.79 Å². The van der Waals surface area contributed by atoms with Crippen LogP contribution in [-0.4, -0.2) is 6.29 Å². The summed E-state index contributed by atoms with van der Waals surface area (Å²) in [6.45, 7) is 2.23. The summed E-state index contributed by atoms with van der Waals surface area (Å²) in [6, 6.07) is 0. The predicted molar refractivity (Wildman–Crippen MR) is 53.0 cm³/mol. The SMILES string of the molecule is CCCCCCCC[CH]CC=O. The number of hydrogen-bond acceptors (Lipinski definition) is 1. The first-order valence-electron chi connectivity index (χ1n) is 5.17. The number of hydrogen-bond donors (Lipinski definition) is 0. The summed E-state index contributed by atoms with van der Waals surface area (Å²) in [5.74, 6) is 0. The summed E-state index contributed by atoms with van der Waals surface area (Å²) in [7, 11) is 0. The normalized spacial score (nSPS) is 10.1. The minimum Gasteiger partial charge on any atom is -0.303 e.